The topological polar surface area (TPSA) is 119 Å². The fraction of sp³-hybridized carbons (Fsp3) is 0.857. The van der Waals surface area contributed by atoms with Gasteiger partial charge in [-0.15, -0.1) is 0 Å². The Hall–Kier alpha value is -2.38. The van der Waals surface area contributed by atoms with Gasteiger partial charge >= 0.3 is 6.09 Å². The molecule has 3 fully saturated rings. The molecule has 1 atom stereocenters. The van der Waals surface area contributed by atoms with Gasteiger partial charge in [0, 0.05) is 13.1 Å². The molecule has 2 heterocycles. The number of hydrogen-bond acceptors (Lipinski definition) is 7. The van der Waals surface area contributed by atoms with Crippen molar-refractivity contribution in [2.75, 3.05) is 53.0 Å². The summed E-state index contributed by atoms with van der Waals surface area (Å²) in [6.45, 7) is 15.4. The Bertz CT molecular complexity index is 816. The van der Waals surface area contributed by atoms with E-state index in [0.717, 1.165) is 32.4 Å². The van der Waals surface area contributed by atoms with Crippen molar-refractivity contribution in [1.82, 2.24) is 20.4 Å². The number of ether oxygens (including phenoxy) is 2. The van der Waals surface area contributed by atoms with Crippen LogP contribution in [0.3, 0.4) is 0 Å². The number of likely N-dealkylation sites (tertiary alicyclic amines) is 1. The summed E-state index contributed by atoms with van der Waals surface area (Å²) in [5.41, 5.74) is -0.166. The maximum Gasteiger partial charge on any atom is 0.413 e. The maximum absolute atomic E-state index is 12.5. The van der Waals surface area contributed by atoms with Crippen LogP contribution < -0.4 is 10.6 Å². The van der Waals surface area contributed by atoms with Gasteiger partial charge in [-0.05, 0) is 70.5 Å². The van der Waals surface area contributed by atoms with Gasteiger partial charge in [0.05, 0.1) is 25.9 Å². The highest BCUT2D eigenvalue weighted by molar-refractivity contribution is 5.96. The molecular formula is C28H50N6O4. The fourth-order valence-electron chi connectivity index (χ4n) is 3.99. The van der Waals surface area contributed by atoms with Crippen molar-refractivity contribution in [1.29, 1.82) is 5.26 Å². The molecule has 2 N–H and O–H groups in total. The van der Waals surface area contributed by atoms with Crippen molar-refractivity contribution >= 4 is 18.0 Å². The van der Waals surface area contributed by atoms with Crippen LogP contribution in [-0.2, 0) is 14.3 Å². The van der Waals surface area contributed by atoms with Gasteiger partial charge in [0.1, 0.15) is 11.6 Å². The lowest BCUT2D eigenvalue weighted by Gasteiger charge is -2.30. The molecule has 1 aliphatic carbocycles. The Morgan fingerprint density at radius 2 is 1.76 bits per heavy atom. The zero-order valence-electron chi connectivity index (χ0n) is 24.5. The number of rotatable bonds is 8. The minimum absolute atomic E-state index is 0.303. The first kappa shape index (κ1) is 31.8. The third kappa shape index (κ3) is 11.2. The molecule has 1 saturated carbocycles. The molecule has 10 heteroatoms. The van der Waals surface area contributed by atoms with Gasteiger partial charge in [-0.2, -0.15) is 5.26 Å². The molecule has 0 unspecified atom stereocenters. The molecule has 38 heavy (non-hydrogen) atoms. The van der Waals surface area contributed by atoms with E-state index in [2.05, 4.69) is 61.3 Å². The third-order valence-corrected chi connectivity index (χ3v) is 8.06. The van der Waals surface area contributed by atoms with Crippen LogP contribution >= 0.6 is 0 Å². The lowest BCUT2D eigenvalue weighted by Crippen LogP contribution is -2.50. The van der Waals surface area contributed by atoms with Crippen LogP contribution in [0.4, 0.5) is 4.79 Å². The van der Waals surface area contributed by atoms with Gasteiger partial charge < -0.3 is 24.6 Å². The Balaban J connectivity index is 0.000000638. The summed E-state index contributed by atoms with van der Waals surface area (Å²) in [6, 6.07) is 1.39. The van der Waals surface area contributed by atoms with Crippen LogP contribution in [0.1, 0.15) is 79.6 Å². The van der Waals surface area contributed by atoms with Gasteiger partial charge in [0.2, 0.25) is 11.9 Å². The fourth-order valence-corrected chi connectivity index (χ4v) is 3.99. The summed E-state index contributed by atoms with van der Waals surface area (Å²) >= 11 is 0. The van der Waals surface area contributed by atoms with Crippen LogP contribution in [0.2, 0.25) is 0 Å². The van der Waals surface area contributed by atoms with E-state index in [1.807, 2.05) is 4.90 Å². The molecule has 2 amide bonds. The van der Waals surface area contributed by atoms with Crippen LogP contribution in [0.15, 0.2) is 4.99 Å². The van der Waals surface area contributed by atoms with E-state index in [0.29, 0.717) is 63.0 Å². The number of carbonyl (C=O) groups is 2. The quantitative estimate of drug-likeness (QED) is 0.361. The molecule has 0 bridgehead atoms. The smallest absolute Gasteiger partial charge is 0.413 e. The molecule has 2 saturated heterocycles. The van der Waals surface area contributed by atoms with Crippen molar-refractivity contribution < 1.29 is 19.1 Å². The molecule has 0 spiro atoms. The monoisotopic (exact) mass is 534 g/mol. The van der Waals surface area contributed by atoms with Crippen molar-refractivity contribution in [3.63, 3.8) is 0 Å². The largest absolute Gasteiger partial charge is 0.449 e. The number of carbonyl (C=O) groups excluding carboxylic acids is 2. The van der Waals surface area contributed by atoms with Crippen molar-refractivity contribution in [3.05, 3.63) is 0 Å². The van der Waals surface area contributed by atoms with E-state index in [-0.39, 0.29) is 5.91 Å². The number of nitrogens with zero attached hydrogens (tertiary/aromatic N) is 4. The average molecular weight is 535 g/mol. The minimum Gasteiger partial charge on any atom is -0.449 e. The van der Waals surface area contributed by atoms with Gasteiger partial charge in [-0.25, -0.2) is 9.79 Å². The van der Waals surface area contributed by atoms with E-state index in [4.69, 9.17) is 9.47 Å². The van der Waals surface area contributed by atoms with Crippen molar-refractivity contribution in [3.8, 4) is 6.07 Å². The van der Waals surface area contributed by atoms with Crippen LogP contribution in [-0.4, -0.2) is 92.4 Å². The van der Waals surface area contributed by atoms with E-state index >= 15 is 0 Å². The second-order valence-corrected chi connectivity index (χ2v) is 11.6. The molecule has 0 aromatic heterocycles. The second kappa shape index (κ2) is 15.3. The molecular weight excluding hydrogens is 484 g/mol. The molecule has 0 radical (unpaired) electrons. The number of hydrogen-bond donors (Lipinski definition) is 2. The molecule has 2 aliphatic heterocycles. The Kier molecular flexibility index (Phi) is 12.8. The van der Waals surface area contributed by atoms with Gasteiger partial charge in [0.25, 0.3) is 0 Å². The summed E-state index contributed by atoms with van der Waals surface area (Å²) in [4.78, 5) is 33.5. The molecule has 0 aromatic carbocycles. The predicted molar refractivity (Wildman–Crippen MR) is 149 cm³/mol. The number of morpholine rings is 1. The first-order chi connectivity index (χ1) is 18.0. The van der Waals surface area contributed by atoms with Gasteiger partial charge in [-0.1, -0.05) is 40.5 Å². The molecule has 0 aromatic rings. The summed E-state index contributed by atoms with van der Waals surface area (Å²) in [5, 5.41) is 14.7. The van der Waals surface area contributed by atoms with Gasteiger partial charge in [-0.3, -0.25) is 10.1 Å². The number of amides is 2. The standard InChI is InChI=1S/C21H34N6O4.C7H16/c1-16(18(28)25-21(15-22)6-7-21)23-19(27-10-13-30-14-11-27)24-20(29)31-12-5-17-3-8-26(2)9-4-17;1-5-7(3,4)6-2/h16-17H,3-14H2,1-2H3,(H,25,28)(H,23,24,29);5-6H2,1-4H3/t16-;/m0./s1. The van der Waals surface area contributed by atoms with E-state index in [9.17, 15) is 14.9 Å². The van der Waals surface area contributed by atoms with E-state index in [1.54, 1.807) is 6.92 Å². The SMILES string of the molecule is CCC(C)(C)CC.C[C@H](N=C(NC(=O)OCCC1CCN(C)CC1)N1CCOCC1)C(=O)NC1(C#N)CC1. The van der Waals surface area contributed by atoms with E-state index in [1.165, 1.54) is 12.8 Å². The molecule has 216 valence electrons. The predicted octanol–water partition coefficient (Wildman–Crippen LogP) is 3.53. The number of nitriles is 1. The number of nitrogens with one attached hydrogen (secondary N) is 2. The Morgan fingerprint density at radius 1 is 1.16 bits per heavy atom. The number of guanidine groups is 1. The molecule has 3 aliphatic rings. The van der Waals surface area contributed by atoms with Crippen molar-refractivity contribution in [2.45, 2.75) is 91.1 Å². The summed E-state index contributed by atoms with van der Waals surface area (Å²) < 4.78 is 10.8. The Morgan fingerprint density at radius 3 is 2.26 bits per heavy atom. The summed E-state index contributed by atoms with van der Waals surface area (Å²) in [7, 11) is 2.12. The Labute approximate surface area is 229 Å². The van der Waals surface area contributed by atoms with Gasteiger partial charge in [0.15, 0.2) is 0 Å². The molecule has 10 nitrogen and oxygen atoms in total. The number of alkyl carbamates (subject to hydrolysis) is 1. The number of aliphatic imine (C=N–C) groups is 1. The first-order valence-electron chi connectivity index (χ1n) is 14.3. The molecule has 3 rings (SSSR count). The maximum atomic E-state index is 12.5. The lowest BCUT2D eigenvalue weighted by molar-refractivity contribution is -0.122. The lowest BCUT2D eigenvalue weighted by atomic mass is 9.88. The van der Waals surface area contributed by atoms with Crippen molar-refractivity contribution in [2.24, 2.45) is 16.3 Å². The normalized spacial score (nSPS) is 20.9. The number of piperidine rings is 1. The van der Waals surface area contributed by atoms with Crippen LogP contribution in [0, 0.1) is 22.7 Å². The summed E-state index contributed by atoms with van der Waals surface area (Å²) in [5.74, 6) is 0.550. The van der Waals surface area contributed by atoms with Crippen LogP contribution in [0.5, 0.6) is 0 Å². The zero-order chi connectivity index (χ0) is 28.2. The van der Waals surface area contributed by atoms with E-state index < -0.39 is 17.7 Å². The average Bonchev–Trinajstić information content (AvgIpc) is 3.70. The zero-order valence-corrected chi connectivity index (χ0v) is 24.5. The van der Waals surface area contributed by atoms with Crippen LogP contribution in [0.25, 0.3) is 0 Å². The summed E-state index contributed by atoms with van der Waals surface area (Å²) in [6.07, 6.45) is 6.43. The highest BCUT2D eigenvalue weighted by Crippen LogP contribution is 2.34. The third-order valence-electron chi connectivity index (χ3n) is 8.06. The highest BCUT2D eigenvalue weighted by Gasteiger charge is 2.45. The minimum atomic E-state index is -0.750. The second-order valence-electron chi connectivity index (χ2n) is 11.6. The highest BCUT2D eigenvalue weighted by atomic mass is 16.5. The first-order valence-corrected chi connectivity index (χ1v) is 14.3.